The highest BCUT2D eigenvalue weighted by molar-refractivity contribution is 5.92. The third kappa shape index (κ3) is 3.03. The van der Waals surface area contributed by atoms with Crippen molar-refractivity contribution >= 4 is 18.0 Å². The van der Waals surface area contributed by atoms with Crippen LogP contribution in [0.5, 0.6) is 0 Å². The molecule has 0 aromatic carbocycles. The Morgan fingerprint density at radius 3 is 2.95 bits per heavy atom. The van der Waals surface area contributed by atoms with E-state index in [1.54, 1.807) is 13.2 Å². The Kier molecular flexibility index (Phi) is 3.37. The van der Waals surface area contributed by atoms with Crippen LogP contribution >= 0.6 is 0 Å². The number of carbonyl (C=O) groups is 1. The molecule has 0 spiro atoms. The Hall–Kier alpha value is -2.97. The van der Waals surface area contributed by atoms with E-state index in [-0.39, 0.29) is 11.5 Å². The van der Waals surface area contributed by atoms with Gasteiger partial charge in [0, 0.05) is 13.2 Å². The van der Waals surface area contributed by atoms with Crippen molar-refractivity contribution < 1.29 is 14.1 Å². The number of nitrogens with one attached hydrogen (secondary N) is 1. The predicted octanol–water partition coefficient (Wildman–Crippen LogP) is 0.685. The van der Waals surface area contributed by atoms with Crippen molar-refractivity contribution in [3.8, 4) is 0 Å². The summed E-state index contributed by atoms with van der Waals surface area (Å²) in [5, 5.41) is 17.9. The number of aryl methyl sites for hydroxylation is 1. The average Bonchev–Trinajstić information content (AvgIpc) is 2.98. The molecular weight excluding hydrogens is 254 g/mol. The largest absolute Gasteiger partial charge is 0.433 e. The fourth-order valence-electron chi connectivity index (χ4n) is 1.26. The summed E-state index contributed by atoms with van der Waals surface area (Å²) in [4.78, 5) is 21.2. The van der Waals surface area contributed by atoms with Crippen LogP contribution in [-0.4, -0.2) is 26.8 Å². The molecule has 1 amide bonds. The number of furan rings is 1. The zero-order valence-corrected chi connectivity index (χ0v) is 9.81. The number of hydrogen-bond donors (Lipinski definition) is 1. The molecule has 1 N–H and O–H groups in total. The first-order valence-electron chi connectivity index (χ1n) is 5.13. The highest BCUT2D eigenvalue weighted by Crippen LogP contribution is 2.13. The van der Waals surface area contributed by atoms with Crippen LogP contribution in [0.4, 0.5) is 5.88 Å². The molecule has 0 atom stereocenters. The van der Waals surface area contributed by atoms with E-state index in [0.29, 0.717) is 0 Å². The molecular formula is C10H9N5O4. The maximum atomic E-state index is 11.5. The van der Waals surface area contributed by atoms with Crippen LogP contribution in [0.25, 0.3) is 0 Å². The van der Waals surface area contributed by atoms with E-state index in [1.807, 2.05) is 0 Å². The van der Waals surface area contributed by atoms with Crippen LogP contribution < -0.4 is 5.43 Å². The fraction of sp³-hybridized carbons (Fsp3) is 0.100. The third-order valence-electron chi connectivity index (χ3n) is 2.10. The molecule has 2 rings (SSSR count). The maximum absolute atomic E-state index is 11.5. The van der Waals surface area contributed by atoms with E-state index in [9.17, 15) is 14.9 Å². The normalized spacial score (nSPS) is 10.8. The highest BCUT2D eigenvalue weighted by atomic mass is 16.6. The summed E-state index contributed by atoms with van der Waals surface area (Å²) in [5.74, 6) is -0.719. The number of hydrazone groups is 1. The van der Waals surface area contributed by atoms with Crippen LogP contribution in [0, 0.1) is 10.1 Å². The summed E-state index contributed by atoms with van der Waals surface area (Å²) in [6.07, 6.45) is 2.78. The SMILES string of the molecule is Cn1ccc(C(=O)N/N=C\c2ccc([N+](=O)[O-])o2)n1. The second kappa shape index (κ2) is 5.12. The van der Waals surface area contributed by atoms with Gasteiger partial charge in [-0.2, -0.15) is 10.2 Å². The van der Waals surface area contributed by atoms with E-state index in [1.165, 1.54) is 22.9 Å². The van der Waals surface area contributed by atoms with Crippen molar-refractivity contribution in [2.24, 2.45) is 12.1 Å². The molecule has 0 fully saturated rings. The van der Waals surface area contributed by atoms with E-state index in [2.05, 4.69) is 15.6 Å². The summed E-state index contributed by atoms with van der Waals surface area (Å²) >= 11 is 0. The first-order chi connectivity index (χ1) is 9.06. The summed E-state index contributed by atoms with van der Waals surface area (Å²) in [5.41, 5.74) is 2.44. The van der Waals surface area contributed by atoms with Gasteiger partial charge in [0.2, 0.25) is 0 Å². The summed E-state index contributed by atoms with van der Waals surface area (Å²) in [6, 6.07) is 4.10. The molecule has 0 aliphatic carbocycles. The number of hydrogen-bond acceptors (Lipinski definition) is 6. The zero-order chi connectivity index (χ0) is 13.8. The molecule has 0 aliphatic heterocycles. The molecule has 2 heterocycles. The van der Waals surface area contributed by atoms with Gasteiger partial charge in [0.05, 0.1) is 12.3 Å². The smallest absolute Gasteiger partial charge is 0.400 e. The van der Waals surface area contributed by atoms with E-state index < -0.39 is 16.7 Å². The number of carbonyl (C=O) groups excluding carboxylic acids is 1. The standard InChI is InChI=1S/C10H9N5O4/c1-14-5-4-8(13-14)10(16)12-11-6-7-2-3-9(19-7)15(17)18/h2-6H,1H3,(H,12,16)/b11-6-. The van der Waals surface area contributed by atoms with Gasteiger partial charge in [-0.25, -0.2) is 5.43 Å². The van der Waals surface area contributed by atoms with Crippen molar-refractivity contribution in [3.63, 3.8) is 0 Å². The lowest BCUT2D eigenvalue weighted by molar-refractivity contribution is -0.402. The summed E-state index contributed by atoms with van der Waals surface area (Å²) in [6.45, 7) is 0. The maximum Gasteiger partial charge on any atom is 0.433 e. The Morgan fingerprint density at radius 1 is 1.58 bits per heavy atom. The molecule has 0 radical (unpaired) electrons. The molecule has 0 saturated heterocycles. The summed E-state index contributed by atoms with van der Waals surface area (Å²) in [7, 11) is 1.68. The van der Waals surface area contributed by atoms with Gasteiger partial charge in [-0.1, -0.05) is 0 Å². The molecule has 2 aromatic rings. The second-order valence-corrected chi connectivity index (χ2v) is 3.51. The zero-order valence-electron chi connectivity index (χ0n) is 9.81. The summed E-state index contributed by atoms with van der Waals surface area (Å²) < 4.78 is 6.30. The van der Waals surface area contributed by atoms with Crippen molar-refractivity contribution in [1.82, 2.24) is 15.2 Å². The van der Waals surface area contributed by atoms with E-state index in [4.69, 9.17) is 4.42 Å². The minimum absolute atomic E-state index is 0.160. The highest BCUT2D eigenvalue weighted by Gasteiger charge is 2.10. The van der Waals surface area contributed by atoms with Crippen molar-refractivity contribution in [3.05, 3.63) is 46.0 Å². The molecule has 0 unspecified atom stereocenters. The number of aromatic nitrogens is 2. The van der Waals surface area contributed by atoms with Crippen molar-refractivity contribution in [2.75, 3.05) is 0 Å². The molecule has 98 valence electrons. The number of amides is 1. The monoisotopic (exact) mass is 263 g/mol. The average molecular weight is 263 g/mol. The molecule has 0 bridgehead atoms. The van der Waals surface area contributed by atoms with Crippen LogP contribution in [-0.2, 0) is 7.05 Å². The molecule has 9 heteroatoms. The first-order valence-corrected chi connectivity index (χ1v) is 5.13. The van der Waals surface area contributed by atoms with Crippen LogP contribution in [0.2, 0.25) is 0 Å². The van der Waals surface area contributed by atoms with Crippen molar-refractivity contribution in [1.29, 1.82) is 0 Å². The van der Waals surface area contributed by atoms with Gasteiger partial charge < -0.3 is 4.42 Å². The molecule has 0 aliphatic rings. The van der Waals surface area contributed by atoms with Gasteiger partial charge in [0.25, 0.3) is 5.91 Å². The van der Waals surface area contributed by atoms with Crippen molar-refractivity contribution in [2.45, 2.75) is 0 Å². The minimum Gasteiger partial charge on any atom is -0.400 e. The van der Waals surface area contributed by atoms with Gasteiger partial charge in [-0.15, -0.1) is 0 Å². The Bertz CT molecular complexity index is 642. The molecule has 2 aromatic heterocycles. The van der Waals surface area contributed by atoms with E-state index in [0.717, 1.165) is 6.21 Å². The lowest BCUT2D eigenvalue weighted by atomic mass is 10.4. The third-order valence-corrected chi connectivity index (χ3v) is 2.10. The number of nitrogens with zero attached hydrogens (tertiary/aromatic N) is 4. The lowest BCUT2D eigenvalue weighted by Gasteiger charge is -1.93. The van der Waals surface area contributed by atoms with Crippen LogP contribution in [0.15, 0.2) is 33.9 Å². The van der Waals surface area contributed by atoms with Gasteiger partial charge in [-0.3, -0.25) is 19.6 Å². The Morgan fingerprint density at radius 2 is 2.37 bits per heavy atom. The Labute approximate surface area is 106 Å². The van der Waals surface area contributed by atoms with Gasteiger partial charge >= 0.3 is 5.88 Å². The minimum atomic E-state index is -0.663. The number of nitro groups is 1. The quantitative estimate of drug-likeness (QED) is 0.494. The Balaban J connectivity index is 1.96. The fourth-order valence-corrected chi connectivity index (χ4v) is 1.26. The number of rotatable bonds is 4. The molecule has 19 heavy (non-hydrogen) atoms. The molecule has 0 saturated carbocycles. The second-order valence-electron chi connectivity index (χ2n) is 3.51. The van der Waals surface area contributed by atoms with E-state index >= 15 is 0 Å². The molecule has 9 nitrogen and oxygen atoms in total. The predicted molar refractivity (Wildman–Crippen MR) is 63.6 cm³/mol. The van der Waals surface area contributed by atoms with Gasteiger partial charge in [0.15, 0.2) is 11.5 Å². The van der Waals surface area contributed by atoms with Gasteiger partial charge in [0.1, 0.15) is 4.92 Å². The first kappa shape index (κ1) is 12.5. The van der Waals surface area contributed by atoms with Gasteiger partial charge in [-0.05, 0) is 12.1 Å². The topological polar surface area (TPSA) is 116 Å². The van der Waals surface area contributed by atoms with Crippen LogP contribution in [0.1, 0.15) is 16.2 Å². The lowest BCUT2D eigenvalue weighted by Crippen LogP contribution is -2.18. The van der Waals surface area contributed by atoms with Crippen LogP contribution in [0.3, 0.4) is 0 Å².